The van der Waals surface area contributed by atoms with Crippen LogP contribution in [0.3, 0.4) is 0 Å². The first kappa shape index (κ1) is 12.5. The maximum Gasteiger partial charge on any atom is 0.0446 e. The van der Waals surface area contributed by atoms with Crippen molar-refractivity contribution in [3.05, 3.63) is 12.2 Å². The monoisotopic (exact) mass is 241 g/mol. The lowest BCUT2D eigenvalue weighted by Crippen LogP contribution is -2.37. The van der Waals surface area contributed by atoms with Crippen LogP contribution >= 0.6 is 11.8 Å². The van der Waals surface area contributed by atoms with E-state index in [0.717, 1.165) is 36.5 Å². The molecule has 2 rings (SSSR count). The van der Waals surface area contributed by atoms with E-state index >= 15 is 0 Å². The van der Waals surface area contributed by atoms with Gasteiger partial charge in [-0.1, -0.05) is 12.2 Å². The molecule has 0 aromatic rings. The summed E-state index contributed by atoms with van der Waals surface area (Å²) in [6.45, 7) is 1.44. The predicted octanol–water partition coefficient (Wildman–Crippen LogP) is 1.90. The Morgan fingerprint density at radius 3 is 2.88 bits per heavy atom. The van der Waals surface area contributed by atoms with E-state index in [2.05, 4.69) is 23.7 Å². The highest BCUT2D eigenvalue weighted by Crippen LogP contribution is 2.42. The number of allylic oxidation sites excluding steroid dienone is 2. The number of fused-ring (bicyclic) bond motifs is 2. The van der Waals surface area contributed by atoms with Crippen molar-refractivity contribution in [1.29, 1.82) is 0 Å². The molecule has 0 aromatic heterocycles. The van der Waals surface area contributed by atoms with Gasteiger partial charge in [0.05, 0.1) is 0 Å². The van der Waals surface area contributed by atoms with Gasteiger partial charge in [0, 0.05) is 18.4 Å². The van der Waals surface area contributed by atoms with Crippen molar-refractivity contribution in [1.82, 2.24) is 5.32 Å². The quantitative estimate of drug-likeness (QED) is 0.668. The standard InChI is InChI=1S/C13H23NOS/c1-16-9-13(4-5-15)14-8-12-7-10-2-3-11(12)6-10/h2-3,10-15H,4-9H2,1H3/t10-,11-,12-,13+/m0/s1. The number of rotatable bonds is 7. The molecule has 0 heterocycles. The van der Waals surface area contributed by atoms with Gasteiger partial charge < -0.3 is 10.4 Å². The number of thioether (sulfide) groups is 1. The first-order valence-electron chi connectivity index (χ1n) is 6.35. The fourth-order valence-corrected chi connectivity index (χ4v) is 3.74. The van der Waals surface area contributed by atoms with Crippen molar-refractivity contribution in [3.63, 3.8) is 0 Å². The maximum absolute atomic E-state index is 9.00. The number of aliphatic hydroxyl groups is 1. The van der Waals surface area contributed by atoms with E-state index < -0.39 is 0 Å². The highest BCUT2D eigenvalue weighted by Gasteiger charge is 2.35. The predicted molar refractivity (Wildman–Crippen MR) is 70.7 cm³/mol. The normalized spacial score (nSPS) is 33.5. The minimum Gasteiger partial charge on any atom is -0.396 e. The average molecular weight is 241 g/mol. The smallest absolute Gasteiger partial charge is 0.0446 e. The SMILES string of the molecule is CSC[C@@H](CCO)NC[C@@H]1C[C@H]2C=C[C@H]1C2. The molecule has 4 atom stereocenters. The molecule has 16 heavy (non-hydrogen) atoms. The molecule has 1 fully saturated rings. The van der Waals surface area contributed by atoms with Crippen LogP contribution in [-0.2, 0) is 0 Å². The Morgan fingerprint density at radius 1 is 1.44 bits per heavy atom. The van der Waals surface area contributed by atoms with Gasteiger partial charge in [-0.15, -0.1) is 0 Å². The van der Waals surface area contributed by atoms with Crippen LogP contribution in [0.5, 0.6) is 0 Å². The Hall–Kier alpha value is 0.0100. The van der Waals surface area contributed by atoms with Crippen LogP contribution in [0.1, 0.15) is 19.3 Å². The molecule has 3 heteroatoms. The van der Waals surface area contributed by atoms with Crippen molar-refractivity contribution >= 4 is 11.8 Å². The Bertz CT molecular complexity index is 238. The molecule has 1 saturated carbocycles. The van der Waals surface area contributed by atoms with E-state index in [0.29, 0.717) is 12.6 Å². The minimum atomic E-state index is 0.300. The molecule has 0 unspecified atom stereocenters. The van der Waals surface area contributed by atoms with E-state index in [9.17, 15) is 0 Å². The molecule has 2 aliphatic carbocycles. The second-order valence-corrected chi connectivity index (χ2v) is 6.02. The summed E-state index contributed by atoms with van der Waals surface area (Å²) in [4.78, 5) is 0. The second kappa shape index (κ2) is 6.08. The summed E-state index contributed by atoms with van der Waals surface area (Å²) >= 11 is 1.86. The highest BCUT2D eigenvalue weighted by molar-refractivity contribution is 7.98. The van der Waals surface area contributed by atoms with Crippen LogP contribution in [0.4, 0.5) is 0 Å². The lowest BCUT2D eigenvalue weighted by molar-refractivity contribution is 0.265. The van der Waals surface area contributed by atoms with Crippen molar-refractivity contribution in [2.45, 2.75) is 25.3 Å². The fourth-order valence-electron chi connectivity index (χ4n) is 3.05. The second-order valence-electron chi connectivity index (χ2n) is 5.11. The van der Waals surface area contributed by atoms with Gasteiger partial charge in [0.1, 0.15) is 0 Å². The zero-order valence-electron chi connectivity index (χ0n) is 10.1. The molecule has 0 amide bonds. The summed E-state index contributed by atoms with van der Waals surface area (Å²) in [7, 11) is 0. The van der Waals surface area contributed by atoms with Crippen LogP contribution in [0, 0.1) is 17.8 Å². The topological polar surface area (TPSA) is 32.3 Å². The minimum absolute atomic E-state index is 0.300. The van der Waals surface area contributed by atoms with Gasteiger partial charge in [-0.2, -0.15) is 11.8 Å². The summed E-state index contributed by atoms with van der Waals surface area (Å²) in [6, 6.07) is 0.489. The first-order valence-corrected chi connectivity index (χ1v) is 7.74. The van der Waals surface area contributed by atoms with Crippen LogP contribution in [0.15, 0.2) is 12.2 Å². The van der Waals surface area contributed by atoms with Crippen molar-refractivity contribution in [2.24, 2.45) is 17.8 Å². The molecule has 2 bridgehead atoms. The zero-order valence-corrected chi connectivity index (χ0v) is 10.9. The Balaban J connectivity index is 1.71. The van der Waals surface area contributed by atoms with Crippen LogP contribution in [0.25, 0.3) is 0 Å². The molecule has 0 aliphatic heterocycles. The molecular weight excluding hydrogens is 218 g/mol. The molecule has 2 N–H and O–H groups in total. The molecule has 2 aliphatic rings. The average Bonchev–Trinajstić information content (AvgIpc) is 2.88. The summed E-state index contributed by atoms with van der Waals surface area (Å²) < 4.78 is 0. The third-order valence-corrected chi connectivity index (χ3v) is 4.67. The van der Waals surface area contributed by atoms with Gasteiger partial charge in [0.15, 0.2) is 0 Å². The van der Waals surface area contributed by atoms with Gasteiger partial charge in [0.25, 0.3) is 0 Å². The first-order chi connectivity index (χ1) is 7.83. The summed E-state index contributed by atoms with van der Waals surface area (Å²) in [6.07, 6.45) is 10.6. The number of hydrogen-bond acceptors (Lipinski definition) is 3. The van der Waals surface area contributed by atoms with E-state index in [4.69, 9.17) is 5.11 Å². The summed E-state index contributed by atoms with van der Waals surface area (Å²) in [5.41, 5.74) is 0. The van der Waals surface area contributed by atoms with Gasteiger partial charge in [-0.05, 0) is 49.8 Å². The Morgan fingerprint density at radius 2 is 2.31 bits per heavy atom. The van der Waals surface area contributed by atoms with Crippen LogP contribution in [0.2, 0.25) is 0 Å². The Kier molecular flexibility index (Phi) is 4.74. The van der Waals surface area contributed by atoms with E-state index in [1.165, 1.54) is 12.8 Å². The molecule has 0 radical (unpaired) electrons. The molecular formula is C13H23NOS. The van der Waals surface area contributed by atoms with Crippen LogP contribution in [-0.4, -0.2) is 36.3 Å². The van der Waals surface area contributed by atoms with Crippen molar-refractivity contribution in [2.75, 3.05) is 25.2 Å². The zero-order chi connectivity index (χ0) is 11.4. The van der Waals surface area contributed by atoms with Gasteiger partial charge in [-0.3, -0.25) is 0 Å². The maximum atomic E-state index is 9.00. The van der Waals surface area contributed by atoms with Crippen molar-refractivity contribution < 1.29 is 5.11 Å². The highest BCUT2D eigenvalue weighted by atomic mass is 32.2. The van der Waals surface area contributed by atoms with Gasteiger partial charge >= 0.3 is 0 Å². The third kappa shape index (κ3) is 3.02. The molecule has 0 aromatic carbocycles. The molecule has 0 spiro atoms. The molecule has 92 valence electrons. The van der Waals surface area contributed by atoms with E-state index in [-0.39, 0.29) is 0 Å². The van der Waals surface area contributed by atoms with Crippen molar-refractivity contribution in [3.8, 4) is 0 Å². The fraction of sp³-hybridized carbons (Fsp3) is 0.846. The molecule has 0 saturated heterocycles. The largest absolute Gasteiger partial charge is 0.396 e. The Labute approximate surface area is 103 Å². The molecule has 2 nitrogen and oxygen atoms in total. The van der Waals surface area contributed by atoms with Gasteiger partial charge in [-0.25, -0.2) is 0 Å². The lowest BCUT2D eigenvalue weighted by Gasteiger charge is -2.23. The van der Waals surface area contributed by atoms with Gasteiger partial charge in [0.2, 0.25) is 0 Å². The number of nitrogens with one attached hydrogen (secondary N) is 1. The third-order valence-electron chi connectivity index (χ3n) is 3.93. The lowest BCUT2D eigenvalue weighted by atomic mass is 9.93. The summed E-state index contributed by atoms with van der Waals surface area (Å²) in [5, 5.41) is 12.6. The number of hydrogen-bond donors (Lipinski definition) is 2. The number of aliphatic hydroxyl groups excluding tert-OH is 1. The van der Waals surface area contributed by atoms with E-state index in [1.807, 2.05) is 11.8 Å². The van der Waals surface area contributed by atoms with E-state index in [1.54, 1.807) is 0 Å². The van der Waals surface area contributed by atoms with Crippen LogP contribution < -0.4 is 5.32 Å². The summed E-state index contributed by atoms with van der Waals surface area (Å²) in [5.74, 6) is 3.66.